The van der Waals surface area contributed by atoms with Crippen molar-refractivity contribution in [2.45, 2.75) is 32.4 Å². The predicted molar refractivity (Wildman–Crippen MR) is 65.6 cm³/mol. The van der Waals surface area contributed by atoms with Gasteiger partial charge in [-0.2, -0.15) is 0 Å². The number of hydrogen-bond donors (Lipinski definition) is 1. The molecule has 0 saturated heterocycles. The zero-order valence-corrected chi connectivity index (χ0v) is 9.96. The minimum absolute atomic E-state index is 0.403. The average Bonchev–Trinajstić information content (AvgIpc) is 2.57. The Hall–Kier alpha value is -0.730. The Morgan fingerprint density at radius 2 is 2.27 bits per heavy atom. The molecule has 0 bridgehead atoms. The Bertz CT molecular complexity index is 363. The highest BCUT2D eigenvalue weighted by Gasteiger charge is 2.30. The summed E-state index contributed by atoms with van der Waals surface area (Å²) in [5.74, 6) is 0. The monoisotopic (exact) mass is 224 g/mol. The molecule has 1 aliphatic heterocycles. The number of rotatable bonds is 2. The third-order valence-corrected chi connectivity index (χ3v) is 3.39. The molecule has 1 heterocycles. The summed E-state index contributed by atoms with van der Waals surface area (Å²) in [5.41, 5.74) is 8.32. The average molecular weight is 225 g/mol. The van der Waals surface area contributed by atoms with Gasteiger partial charge in [0.15, 0.2) is 0 Å². The Balaban J connectivity index is 2.44. The van der Waals surface area contributed by atoms with E-state index in [1.807, 2.05) is 12.1 Å². The lowest BCUT2D eigenvalue weighted by molar-refractivity contribution is 0.576. The van der Waals surface area contributed by atoms with Gasteiger partial charge in [-0.1, -0.05) is 17.7 Å². The van der Waals surface area contributed by atoms with E-state index < -0.39 is 0 Å². The van der Waals surface area contributed by atoms with Gasteiger partial charge < -0.3 is 10.6 Å². The van der Waals surface area contributed by atoms with Gasteiger partial charge in [0, 0.05) is 29.3 Å². The fourth-order valence-corrected chi connectivity index (χ4v) is 2.67. The van der Waals surface area contributed by atoms with Crippen molar-refractivity contribution in [3.63, 3.8) is 0 Å². The van der Waals surface area contributed by atoms with Crippen LogP contribution >= 0.6 is 11.6 Å². The van der Waals surface area contributed by atoms with Crippen LogP contribution in [0, 0.1) is 0 Å². The summed E-state index contributed by atoms with van der Waals surface area (Å²) in [6.45, 7) is 5.07. The maximum atomic E-state index is 6.19. The second-order valence-electron chi connectivity index (χ2n) is 4.33. The Kier molecular flexibility index (Phi) is 2.89. The van der Waals surface area contributed by atoms with Gasteiger partial charge in [0.1, 0.15) is 0 Å². The van der Waals surface area contributed by atoms with E-state index in [2.05, 4.69) is 24.8 Å². The zero-order valence-electron chi connectivity index (χ0n) is 9.20. The molecule has 1 unspecified atom stereocenters. The Morgan fingerprint density at radius 3 is 2.87 bits per heavy atom. The molecule has 3 heteroatoms. The lowest BCUT2D eigenvalue weighted by Gasteiger charge is -2.30. The molecule has 0 spiro atoms. The van der Waals surface area contributed by atoms with Gasteiger partial charge in [0.2, 0.25) is 0 Å². The van der Waals surface area contributed by atoms with Gasteiger partial charge in [-0.3, -0.25) is 0 Å². The van der Waals surface area contributed by atoms with Gasteiger partial charge >= 0.3 is 0 Å². The standard InChI is InChI=1S/C12H17ClN2/c1-8(2)15-9(7-14)6-10-11(13)4-3-5-12(10)15/h3-5,8-9H,6-7,14H2,1-2H3. The van der Waals surface area contributed by atoms with E-state index in [-0.39, 0.29) is 0 Å². The number of halogens is 1. The number of nitrogens with two attached hydrogens (primary N) is 1. The second-order valence-corrected chi connectivity index (χ2v) is 4.74. The summed E-state index contributed by atoms with van der Waals surface area (Å²) < 4.78 is 0. The summed E-state index contributed by atoms with van der Waals surface area (Å²) in [7, 11) is 0. The van der Waals surface area contributed by atoms with Gasteiger partial charge in [0.25, 0.3) is 0 Å². The molecular formula is C12H17ClN2. The van der Waals surface area contributed by atoms with Crippen molar-refractivity contribution in [2.24, 2.45) is 5.73 Å². The molecule has 1 aromatic rings. The molecule has 0 fully saturated rings. The SMILES string of the molecule is CC(C)N1c2cccc(Cl)c2CC1CN. The van der Waals surface area contributed by atoms with E-state index in [0.29, 0.717) is 18.6 Å². The van der Waals surface area contributed by atoms with Crippen molar-refractivity contribution in [1.82, 2.24) is 0 Å². The van der Waals surface area contributed by atoms with Crippen molar-refractivity contribution in [3.05, 3.63) is 28.8 Å². The molecule has 2 N–H and O–H groups in total. The van der Waals surface area contributed by atoms with E-state index in [4.69, 9.17) is 17.3 Å². The van der Waals surface area contributed by atoms with Gasteiger partial charge in [-0.15, -0.1) is 0 Å². The molecule has 2 rings (SSSR count). The second kappa shape index (κ2) is 4.03. The highest BCUT2D eigenvalue weighted by molar-refractivity contribution is 6.31. The maximum absolute atomic E-state index is 6.19. The van der Waals surface area contributed by atoms with E-state index in [0.717, 1.165) is 11.4 Å². The van der Waals surface area contributed by atoms with E-state index in [1.165, 1.54) is 11.3 Å². The Labute approximate surface area is 96.0 Å². The van der Waals surface area contributed by atoms with Crippen molar-refractivity contribution < 1.29 is 0 Å². The first-order chi connectivity index (χ1) is 7.15. The summed E-state index contributed by atoms with van der Waals surface area (Å²) in [5, 5.41) is 0.870. The van der Waals surface area contributed by atoms with E-state index in [9.17, 15) is 0 Å². The first-order valence-corrected chi connectivity index (χ1v) is 5.78. The lowest BCUT2D eigenvalue weighted by atomic mass is 10.1. The van der Waals surface area contributed by atoms with Crippen LogP contribution in [-0.2, 0) is 6.42 Å². The van der Waals surface area contributed by atoms with Gasteiger partial charge in [0.05, 0.1) is 0 Å². The predicted octanol–water partition coefficient (Wildman–Crippen LogP) is 2.44. The van der Waals surface area contributed by atoms with Gasteiger partial charge in [-0.25, -0.2) is 0 Å². The smallest absolute Gasteiger partial charge is 0.0459 e. The molecule has 0 radical (unpaired) electrons. The highest BCUT2D eigenvalue weighted by atomic mass is 35.5. The molecule has 0 aliphatic carbocycles. The largest absolute Gasteiger partial charge is 0.364 e. The third kappa shape index (κ3) is 1.72. The maximum Gasteiger partial charge on any atom is 0.0459 e. The van der Waals surface area contributed by atoms with Crippen LogP contribution in [0.3, 0.4) is 0 Å². The summed E-state index contributed by atoms with van der Waals surface area (Å²) in [6.07, 6.45) is 0.976. The van der Waals surface area contributed by atoms with Crippen LogP contribution < -0.4 is 10.6 Å². The van der Waals surface area contributed by atoms with E-state index in [1.54, 1.807) is 0 Å². The summed E-state index contributed by atoms with van der Waals surface area (Å²) in [6, 6.07) is 6.97. The summed E-state index contributed by atoms with van der Waals surface area (Å²) >= 11 is 6.19. The number of anilines is 1. The molecule has 1 aliphatic rings. The fraction of sp³-hybridized carbons (Fsp3) is 0.500. The topological polar surface area (TPSA) is 29.3 Å². The van der Waals surface area contributed by atoms with E-state index >= 15 is 0 Å². The van der Waals surface area contributed by atoms with Crippen molar-refractivity contribution in [2.75, 3.05) is 11.4 Å². The minimum atomic E-state index is 0.403. The number of hydrogen-bond acceptors (Lipinski definition) is 2. The molecule has 2 nitrogen and oxygen atoms in total. The molecule has 0 aromatic heterocycles. The number of fused-ring (bicyclic) bond motifs is 1. The fourth-order valence-electron chi connectivity index (χ4n) is 2.42. The van der Waals surface area contributed by atoms with Crippen LogP contribution in [0.5, 0.6) is 0 Å². The highest BCUT2D eigenvalue weighted by Crippen LogP contribution is 2.37. The van der Waals surface area contributed by atoms with Crippen molar-refractivity contribution >= 4 is 17.3 Å². The third-order valence-electron chi connectivity index (χ3n) is 3.03. The molecule has 0 amide bonds. The van der Waals surface area contributed by atoms with Crippen LogP contribution in [0.25, 0.3) is 0 Å². The first-order valence-electron chi connectivity index (χ1n) is 5.41. The summed E-state index contributed by atoms with van der Waals surface area (Å²) in [4.78, 5) is 2.38. The van der Waals surface area contributed by atoms with Crippen LogP contribution in [0.4, 0.5) is 5.69 Å². The molecular weight excluding hydrogens is 208 g/mol. The lowest BCUT2D eigenvalue weighted by Crippen LogP contribution is -2.42. The number of nitrogens with zero attached hydrogens (tertiary/aromatic N) is 1. The normalized spacial score (nSPS) is 19.8. The molecule has 1 aromatic carbocycles. The molecule has 0 saturated carbocycles. The Morgan fingerprint density at radius 1 is 1.53 bits per heavy atom. The van der Waals surface area contributed by atoms with Crippen LogP contribution in [-0.4, -0.2) is 18.6 Å². The van der Waals surface area contributed by atoms with Crippen molar-refractivity contribution in [3.8, 4) is 0 Å². The number of benzene rings is 1. The van der Waals surface area contributed by atoms with Crippen LogP contribution in [0.1, 0.15) is 19.4 Å². The minimum Gasteiger partial charge on any atom is -0.364 e. The van der Waals surface area contributed by atoms with Crippen LogP contribution in [0.15, 0.2) is 18.2 Å². The molecule has 82 valence electrons. The quantitative estimate of drug-likeness (QED) is 0.836. The molecule has 1 atom stereocenters. The first kappa shape index (κ1) is 10.8. The zero-order chi connectivity index (χ0) is 11.0. The van der Waals surface area contributed by atoms with Crippen LogP contribution in [0.2, 0.25) is 5.02 Å². The van der Waals surface area contributed by atoms with Crippen molar-refractivity contribution in [1.29, 1.82) is 0 Å². The van der Waals surface area contributed by atoms with Gasteiger partial charge in [-0.05, 0) is 38.0 Å². The molecule has 15 heavy (non-hydrogen) atoms.